The molecule has 0 heterocycles. The molecule has 0 saturated heterocycles. The Morgan fingerprint density at radius 3 is 1.81 bits per heavy atom. The molecular formula is C20H24O7. The highest BCUT2D eigenvalue weighted by atomic mass is 16.5. The molecule has 0 atom stereocenters. The lowest BCUT2D eigenvalue weighted by molar-refractivity contribution is -0.117. The number of carbonyl (C=O) groups is 1. The van der Waals surface area contributed by atoms with E-state index < -0.39 is 0 Å². The quantitative estimate of drug-likeness (QED) is 0.720. The number of benzene rings is 2. The van der Waals surface area contributed by atoms with Crippen molar-refractivity contribution in [2.24, 2.45) is 0 Å². The molecule has 2 aromatic carbocycles. The second kappa shape index (κ2) is 9.02. The predicted octanol–water partition coefficient (Wildman–Crippen LogP) is 2.79. The fraction of sp³-hybridized carbons (Fsp3) is 0.350. The molecule has 2 rings (SSSR count). The molecule has 7 nitrogen and oxygen atoms in total. The summed E-state index contributed by atoms with van der Waals surface area (Å²) < 4.78 is 26.6. The summed E-state index contributed by atoms with van der Waals surface area (Å²) in [5, 5.41) is 9.74. The lowest BCUT2D eigenvalue weighted by Crippen LogP contribution is -2.10. The first-order valence-corrected chi connectivity index (χ1v) is 8.22. The largest absolute Gasteiger partial charge is 0.508 e. The number of carbonyl (C=O) groups excluding carboxylic acids is 1. The van der Waals surface area contributed by atoms with Gasteiger partial charge in [0.05, 0.1) is 35.5 Å². The standard InChI is InChI=1S/C20H24O7/c1-23-16-7-6-12(19(26-4)20(16)27-5)8-13(21)9-15-17(24-2)10-14(22)11-18(15)25-3/h6-7,10-11,22H,8-9H2,1-5H3. The van der Waals surface area contributed by atoms with Gasteiger partial charge in [-0.1, -0.05) is 6.07 Å². The molecule has 7 heteroatoms. The van der Waals surface area contributed by atoms with Crippen molar-refractivity contribution in [3.8, 4) is 34.5 Å². The number of phenolic OH excluding ortho intramolecular Hbond substituents is 1. The number of hydrogen-bond acceptors (Lipinski definition) is 7. The van der Waals surface area contributed by atoms with E-state index in [1.54, 1.807) is 12.1 Å². The maximum absolute atomic E-state index is 12.7. The van der Waals surface area contributed by atoms with E-state index in [-0.39, 0.29) is 24.4 Å². The average molecular weight is 376 g/mol. The maximum Gasteiger partial charge on any atom is 0.203 e. The summed E-state index contributed by atoms with van der Waals surface area (Å²) in [6, 6.07) is 6.39. The van der Waals surface area contributed by atoms with Crippen molar-refractivity contribution in [2.45, 2.75) is 12.8 Å². The number of ketones is 1. The maximum atomic E-state index is 12.7. The molecule has 0 fully saturated rings. The topological polar surface area (TPSA) is 83.5 Å². The molecule has 27 heavy (non-hydrogen) atoms. The molecule has 1 N–H and O–H groups in total. The first-order valence-electron chi connectivity index (χ1n) is 8.22. The molecule has 2 aromatic rings. The number of aromatic hydroxyl groups is 1. The number of rotatable bonds is 9. The Morgan fingerprint density at radius 1 is 0.778 bits per heavy atom. The van der Waals surface area contributed by atoms with Crippen molar-refractivity contribution in [3.63, 3.8) is 0 Å². The zero-order valence-electron chi connectivity index (χ0n) is 16.1. The van der Waals surface area contributed by atoms with E-state index in [4.69, 9.17) is 23.7 Å². The molecule has 146 valence electrons. The van der Waals surface area contributed by atoms with Crippen LogP contribution in [0.1, 0.15) is 11.1 Å². The molecular weight excluding hydrogens is 352 g/mol. The van der Waals surface area contributed by atoms with Gasteiger partial charge in [-0.15, -0.1) is 0 Å². The van der Waals surface area contributed by atoms with E-state index in [1.165, 1.54) is 47.7 Å². The first kappa shape index (κ1) is 20.2. The van der Waals surface area contributed by atoms with Gasteiger partial charge >= 0.3 is 0 Å². The Morgan fingerprint density at radius 2 is 1.33 bits per heavy atom. The van der Waals surface area contributed by atoms with Crippen molar-refractivity contribution >= 4 is 5.78 Å². The van der Waals surface area contributed by atoms with Gasteiger partial charge in [0, 0.05) is 36.1 Å². The minimum absolute atomic E-state index is 0.00135. The Kier molecular flexibility index (Phi) is 6.76. The van der Waals surface area contributed by atoms with Crippen molar-refractivity contribution in [3.05, 3.63) is 35.4 Å². The lowest BCUT2D eigenvalue weighted by atomic mass is 10.00. The summed E-state index contributed by atoms with van der Waals surface area (Å²) in [5.74, 6) is 2.11. The zero-order chi connectivity index (χ0) is 20.0. The van der Waals surface area contributed by atoms with E-state index in [0.29, 0.717) is 39.9 Å². The summed E-state index contributed by atoms with van der Waals surface area (Å²) in [6.45, 7) is 0. The van der Waals surface area contributed by atoms with Gasteiger partial charge in [-0.05, 0) is 6.07 Å². The summed E-state index contributed by atoms with van der Waals surface area (Å²) in [6.07, 6.45) is 0.195. The van der Waals surface area contributed by atoms with Crippen LogP contribution in [0.5, 0.6) is 34.5 Å². The van der Waals surface area contributed by atoms with E-state index >= 15 is 0 Å². The Bertz CT molecular complexity index is 789. The van der Waals surface area contributed by atoms with Gasteiger partial charge in [0.2, 0.25) is 5.75 Å². The Hall–Kier alpha value is -3.09. The van der Waals surface area contributed by atoms with Gasteiger partial charge in [-0.25, -0.2) is 0 Å². The average Bonchev–Trinajstić information content (AvgIpc) is 2.68. The number of Topliss-reactive ketones (excluding diaryl/α,β-unsaturated/α-hetero) is 1. The van der Waals surface area contributed by atoms with Gasteiger partial charge in [0.25, 0.3) is 0 Å². The number of phenols is 1. The molecule has 0 bridgehead atoms. The zero-order valence-corrected chi connectivity index (χ0v) is 16.1. The fourth-order valence-corrected chi connectivity index (χ4v) is 2.92. The SMILES string of the molecule is COc1cc(O)cc(OC)c1CC(=O)Cc1ccc(OC)c(OC)c1OC. The number of ether oxygens (including phenoxy) is 5. The van der Waals surface area contributed by atoms with Crippen molar-refractivity contribution in [2.75, 3.05) is 35.5 Å². The van der Waals surface area contributed by atoms with Crippen LogP contribution >= 0.6 is 0 Å². The molecule has 0 aromatic heterocycles. The molecule has 0 aliphatic rings. The Balaban J connectivity index is 2.32. The molecule has 0 aliphatic heterocycles. The first-order chi connectivity index (χ1) is 13.0. The summed E-state index contributed by atoms with van der Waals surface area (Å²) in [4.78, 5) is 12.7. The van der Waals surface area contributed by atoms with Crippen molar-refractivity contribution < 1.29 is 33.6 Å². The highest BCUT2D eigenvalue weighted by Crippen LogP contribution is 2.40. The predicted molar refractivity (Wildman–Crippen MR) is 99.7 cm³/mol. The summed E-state index contributed by atoms with van der Waals surface area (Å²) in [7, 11) is 7.50. The number of hydrogen-bond donors (Lipinski definition) is 1. The highest BCUT2D eigenvalue weighted by molar-refractivity contribution is 5.85. The van der Waals surface area contributed by atoms with Gasteiger partial charge in [-0.3, -0.25) is 4.79 Å². The van der Waals surface area contributed by atoms with Crippen LogP contribution in [-0.4, -0.2) is 46.4 Å². The molecule has 0 saturated carbocycles. The van der Waals surface area contributed by atoms with Gasteiger partial charge in [0.1, 0.15) is 23.0 Å². The third-order valence-electron chi connectivity index (χ3n) is 4.14. The summed E-state index contributed by atoms with van der Waals surface area (Å²) in [5.41, 5.74) is 1.25. The highest BCUT2D eigenvalue weighted by Gasteiger charge is 2.20. The normalized spacial score (nSPS) is 10.3. The summed E-state index contributed by atoms with van der Waals surface area (Å²) >= 11 is 0. The van der Waals surface area contributed by atoms with Crippen LogP contribution in [-0.2, 0) is 17.6 Å². The van der Waals surface area contributed by atoms with Crippen LogP contribution in [0.4, 0.5) is 0 Å². The second-order valence-electron chi connectivity index (χ2n) is 5.71. The van der Waals surface area contributed by atoms with Gasteiger partial charge in [0.15, 0.2) is 11.5 Å². The molecule has 0 radical (unpaired) electrons. The van der Waals surface area contributed by atoms with Crippen LogP contribution in [0.25, 0.3) is 0 Å². The van der Waals surface area contributed by atoms with Crippen molar-refractivity contribution in [1.82, 2.24) is 0 Å². The minimum Gasteiger partial charge on any atom is -0.508 e. The monoisotopic (exact) mass is 376 g/mol. The van der Waals surface area contributed by atoms with Crippen LogP contribution in [0.15, 0.2) is 24.3 Å². The van der Waals surface area contributed by atoms with Gasteiger partial charge < -0.3 is 28.8 Å². The Labute approximate surface area is 158 Å². The smallest absolute Gasteiger partial charge is 0.203 e. The molecule has 0 amide bonds. The third-order valence-corrected chi connectivity index (χ3v) is 4.14. The van der Waals surface area contributed by atoms with E-state index in [2.05, 4.69) is 0 Å². The van der Waals surface area contributed by atoms with Crippen molar-refractivity contribution in [1.29, 1.82) is 0 Å². The van der Waals surface area contributed by atoms with E-state index in [9.17, 15) is 9.90 Å². The second-order valence-corrected chi connectivity index (χ2v) is 5.71. The molecule has 0 spiro atoms. The number of methoxy groups -OCH3 is 5. The minimum atomic E-state index is -0.0807. The van der Waals surface area contributed by atoms with E-state index in [1.807, 2.05) is 0 Å². The van der Waals surface area contributed by atoms with Crippen LogP contribution in [0.3, 0.4) is 0 Å². The van der Waals surface area contributed by atoms with Crippen LogP contribution < -0.4 is 23.7 Å². The third kappa shape index (κ3) is 4.36. The van der Waals surface area contributed by atoms with Gasteiger partial charge in [-0.2, -0.15) is 0 Å². The van der Waals surface area contributed by atoms with Crippen LogP contribution in [0, 0.1) is 0 Å². The molecule has 0 aliphatic carbocycles. The van der Waals surface area contributed by atoms with Crippen LogP contribution in [0.2, 0.25) is 0 Å². The molecule has 0 unspecified atom stereocenters. The lowest BCUT2D eigenvalue weighted by Gasteiger charge is -2.16. The fourth-order valence-electron chi connectivity index (χ4n) is 2.92. The van der Waals surface area contributed by atoms with E-state index in [0.717, 1.165) is 0 Å².